The number of thioether (sulfide) groups is 1. The van der Waals surface area contributed by atoms with E-state index in [9.17, 15) is 4.79 Å². The molecule has 2 N–H and O–H groups in total. The summed E-state index contributed by atoms with van der Waals surface area (Å²) in [5.41, 5.74) is 0. The molecule has 0 bridgehead atoms. The molecule has 0 radical (unpaired) electrons. The Morgan fingerprint density at radius 2 is 2.21 bits per heavy atom. The van der Waals surface area contributed by atoms with Gasteiger partial charge in [-0.2, -0.15) is 11.8 Å². The summed E-state index contributed by atoms with van der Waals surface area (Å²) in [6.45, 7) is 5.85. The molecule has 1 aromatic heterocycles. The van der Waals surface area contributed by atoms with Gasteiger partial charge in [-0.3, -0.25) is 9.79 Å². The van der Waals surface area contributed by atoms with Crippen LogP contribution in [0.4, 0.5) is 0 Å². The molecule has 136 valence electrons. The maximum atomic E-state index is 11.8. The summed E-state index contributed by atoms with van der Waals surface area (Å²) >= 11 is 3.53. The quantitative estimate of drug-likeness (QED) is 0.284. The van der Waals surface area contributed by atoms with E-state index in [0.717, 1.165) is 42.6 Å². The molecule has 1 saturated heterocycles. The van der Waals surface area contributed by atoms with Crippen LogP contribution in [0, 0.1) is 0 Å². The zero-order valence-corrected chi connectivity index (χ0v) is 18.2. The van der Waals surface area contributed by atoms with Crippen LogP contribution in [0.25, 0.3) is 0 Å². The van der Waals surface area contributed by atoms with E-state index in [1.54, 1.807) is 0 Å². The Bertz CT molecular complexity index is 510. The van der Waals surface area contributed by atoms with Crippen LogP contribution in [0.3, 0.4) is 0 Å². The lowest BCUT2D eigenvalue weighted by molar-refractivity contribution is 0.0957. The molecule has 8 heteroatoms. The van der Waals surface area contributed by atoms with Gasteiger partial charge in [0, 0.05) is 44.2 Å². The Labute approximate surface area is 170 Å². The molecule has 1 amide bonds. The maximum absolute atomic E-state index is 11.8. The molecule has 1 aliphatic rings. The summed E-state index contributed by atoms with van der Waals surface area (Å²) in [6.07, 6.45) is 2.09. The summed E-state index contributed by atoms with van der Waals surface area (Å²) in [4.78, 5) is 19.3. The van der Waals surface area contributed by atoms with Crippen molar-refractivity contribution in [1.82, 2.24) is 15.5 Å². The first-order chi connectivity index (χ1) is 11.2. The lowest BCUT2D eigenvalue weighted by atomic mass is 10.3. The van der Waals surface area contributed by atoms with Gasteiger partial charge in [0.05, 0.1) is 4.88 Å². The van der Waals surface area contributed by atoms with Crippen LogP contribution < -0.4 is 10.6 Å². The molecule has 0 spiro atoms. The molecular weight excluding hydrogens is 455 g/mol. The second-order valence-electron chi connectivity index (χ2n) is 5.41. The van der Waals surface area contributed by atoms with Crippen LogP contribution in [0.1, 0.15) is 29.4 Å². The van der Waals surface area contributed by atoms with E-state index in [1.807, 2.05) is 24.6 Å². The van der Waals surface area contributed by atoms with Crippen LogP contribution >= 0.6 is 47.1 Å². The Hall–Kier alpha value is -0.480. The molecular formula is C16H27IN4OS2. The smallest absolute Gasteiger partial charge is 0.261 e. The van der Waals surface area contributed by atoms with E-state index in [1.165, 1.54) is 17.8 Å². The van der Waals surface area contributed by atoms with Crippen LogP contribution in [0.5, 0.6) is 0 Å². The number of carbonyl (C=O) groups is 1. The third-order valence-electron chi connectivity index (χ3n) is 3.77. The van der Waals surface area contributed by atoms with Crippen molar-refractivity contribution < 1.29 is 4.79 Å². The average molecular weight is 482 g/mol. The van der Waals surface area contributed by atoms with Crippen LogP contribution in [-0.2, 0) is 0 Å². The van der Waals surface area contributed by atoms with E-state index < -0.39 is 0 Å². The summed E-state index contributed by atoms with van der Waals surface area (Å²) < 4.78 is 0. The number of thiophene rings is 1. The normalized spacial score (nSPS) is 18.0. The van der Waals surface area contributed by atoms with Gasteiger partial charge in [0.1, 0.15) is 0 Å². The molecule has 1 aromatic rings. The van der Waals surface area contributed by atoms with Gasteiger partial charge in [-0.25, -0.2) is 0 Å². The third-order valence-corrected chi connectivity index (χ3v) is 6.01. The average Bonchev–Trinajstić information content (AvgIpc) is 3.12. The Morgan fingerprint density at radius 3 is 2.88 bits per heavy atom. The van der Waals surface area contributed by atoms with Crippen molar-refractivity contribution >= 4 is 58.9 Å². The SMILES string of the molecule is CCC1CN(C(=NC)NCCCNC(=O)c2cccs2)CCS1.I. The minimum Gasteiger partial charge on any atom is -0.356 e. The van der Waals surface area contributed by atoms with Gasteiger partial charge in [-0.05, 0) is 24.3 Å². The number of hydrogen-bond acceptors (Lipinski definition) is 4. The molecule has 1 atom stereocenters. The number of carbonyl (C=O) groups excluding carboxylic acids is 1. The molecule has 5 nitrogen and oxygen atoms in total. The Morgan fingerprint density at radius 1 is 1.42 bits per heavy atom. The highest BCUT2D eigenvalue weighted by Crippen LogP contribution is 2.20. The second kappa shape index (κ2) is 12.0. The molecule has 24 heavy (non-hydrogen) atoms. The summed E-state index contributed by atoms with van der Waals surface area (Å²) in [5, 5.41) is 8.98. The van der Waals surface area contributed by atoms with E-state index >= 15 is 0 Å². The van der Waals surface area contributed by atoms with Crippen molar-refractivity contribution in [3.05, 3.63) is 22.4 Å². The molecule has 0 aliphatic carbocycles. The van der Waals surface area contributed by atoms with Gasteiger partial charge in [-0.15, -0.1) is 35.3 Å². The van der Waals surface area contributed by atoms with Gasteiger partial charge < -0.3 is 15.5 Å². The first-order valence-electron chi connectivity index (χ1n) is 8.13. The van der Waals surface area contributed by atoms with Gasteiger partial charge in [-0.1, -0.05) is 13.0 Å². The number of amides is 1. The monoisotopic (exact) mass is 482 g/mol. The van der Waals surface area contributed by atoms with Gasteiger partial charge >= 0.3 is 0 Å². The van der Waals surface area contributed by atoms with Crippen LogP contribution in [-0.4, -0.2) is 61.0 Å². The lowest BCUT2D eigenvalue weighted by Crippen LogP contribution is -2.48. The Balaban J connectivity index is 0.00000288. The van der Waals surface area contributed by atoms with Crippen LogP contribution in [0.15, 0.2) is 22.5 Å². The van der Waals surface area contributed by atoms with Gasteiger partial charge in [0.25, 0.3) is 5.91 Å². The number of hydrogen-bond donors (Lipinski definition) is 2. The molecule has 1 aliphatic heterocycles. The van der Waals surface area contributed by atoms with Crippen LogP contribution in [0.2, 0.25) is 0 Å². The number of aliphatic imine (C=N–C) groups is 1. The minimum atomic E-state index is 0. The number of halogens is 1. The second-order valence-corrected chi connectivity index (χ2v) is 7.76. The summed E-state index contributed by atoms with van der Waals surface area (Å²) in [6, 6.07) is 3.74. The standard InChI is InChI=1S/C16H26N4OS2.HI/c1-3-13-12-20(9-11-22-13)16(17-2)19-8-5-7-18-15(21)14-6-4-10-23-14;/h4,6,10,13H,3,5,7-9,11-12H2,1-2H3,(H,17,19)(H,18,21);1H. The minimum absolute atomic E-state index is 0. The maximum Gasteiger partial charge on any atom is 0.261 e. The van der Waals surface area contributed by atoms with Crippen molar-refractivity contribution in [3.63, 3.8) is 0 Å². The third kappa shape index (κ3) is 6.79. The number of rotatable bonds is 6. The van der Waals surface area contributed by atoms with Crippen molar-refractivity contribution in [1.29, 1.82) is 0 Å². The lowest BCUT2D eigenvalue weighted by Gasteiger charge is -2.34. The molecule has 2 rings (SSSR count). The zero-order chi connectivity index (χ0) is 16.5. The highest BCUT2D eigenvalue weighted by molar-refractivity contribution is 14.0. The molecule has 1 fully saturated rings. The Kier molecular flexibility index (Phi) is 10.8. The van der Waals surface area contributed by atoms with Crippen molar-refractivity contribution in [2.24, 2.45) is 4.99 Å². The van der Waals surface area contributed by atoms with Crippen molar-refractivity contribution in [2.75, 3.05) is 39.0 Å². The van der Waals surface area contributed by atoms with Gasteiger partial charge in [0.15, 0.2) is 5.96 Å². The largest absolute Gasteiger partial charge is 0.356 e. The van der Waals surface area contributed by atoms with E-state index in [2.05, 4.69) is 39.2 Å². The fourth-order valence-corrected chi connectivity index (χ4v) is 4.30. The summed E-state index contributed by atoms with van der Waals surface area (Å²) in [5.74, 6) is 2.16. The predicted octanol–water partition coefficient (Wildman–Crippen LogP) is 2.89. The number of nitrogens with one attached hydrogen (secondary N) is 2. The molecule has 2 heterocycles. The van der Waals surface area contributed by atoms with E-state index in [4.69, 9.17) is 0 Å². The van der Waals surface area contributed by atoms with Crippen molar-refractivity contribution in [2.45, 2.75) is 25.0 Å². The highest BCUT2D eigenvalue weighted by Gasteiger charge is 2.21. The fraction of sp³-hybridized carbons (Fsp3) is 0.625. The summed E-state index contributed by atoms with van der Waals surface area (Å²) in [7, 11) is 1.84. The first kappa shape index (κ1) is 21.6. The molecule has 1 unspecified atom stereocenters. The molecule has 0 saturated carbocycles. The van der Waals surface area contributed by atoms with E-state index in [-0.39, 0.29) is 29.9 Å². The fourth-order valence-electron chi connectivity index (χ4n) is 2.48. The molecule has 0 aromatic carbocycles. The highest BCUT2D eigenvalue weighted by atomic mass is 127. The van der Waals surface area contributed by atoms with Gasteiger partial charge in [0.2, 0.25) is 0 Å². The van der Waals surface area contributed by atoms with Crippen molar-refractivity contribution in [3.8, 4) is 0 Å². The predicted molar refractivity (Wildman–Crippen MR) is 116 cm³/mol. The topological polar surface area (TPSA) is 56.7 Å². The number of nitrogens with zero attached hydrogens (tertiary/aromatic N) is 2. The zero-order valence-electron chi connectivity index (χ0n) is 14.3. The van der Waals surface area contributed by atoms with E-state index in [0.29, 0.717) is 11.8 Å². The number of guanidine groups is 1. The first-order valence-corrected chi connectivity index (χ1v) is 10.1.